The molecule has 5 nitrogen and oxygen atoms in total. The Morgan fingerprint density at radius 3 is 2.71 bits per heavy atom. The van der Waals surface area contributed by atoms with E-state index >= 15 is 0 Å². The topological polar surface area (TPSA) is 55.6 Å². The number of nitrogens with one attached hydrogen (secondary N) is 1. The number of aryl methyl sites for hydroxylation is 1. The van der Waals surface area contributed by atoms with E-state index in [4.69, 9.17) is 0 Å². The quantitative estimate of drug-likeness (QED) is 0.876. The maximum Gasteiger partial charge on any atom is 0.181 e. The van der Waals surface area contributed by atoms with E-state index in [0.29, 0.717) is 0 Å². The van der Waals surface area contributed by atoms with Crippen LogP contribution in [0.15, 0.2) is 24.3 Å². The minimum absolute atomic E-state index is 0.799. The van der Waals surface area contributed by atoms with Gasteiger partial charge in [0.1, 0.15) is 0 Å². The second-order valence-corrected chi connectivity index (χ2v) is 5.95. The van der Waals surface area contributed by atoms with Crippen molar-refractivity contribution in [3.05, 3.63) is 24.3 Å². The van der Waals surface area contributed by atoms with E-state index in [2.05, 4.69) is 39.0 Å². The van der Waals surface area contributed by atoms with Crippen molar-refractivity contribution in [2.75, 3.05) is 11.9 Å². The molecule has 1 saturated carbocycles. The smallest absolute Gasteiger partial charge is 0.181 e. The summed E-state index contributed by atoms with van der Waals surface area (Å²) in [6.07, 6.45) is 8.31. The van der Waals surface area contributed by atoms with E-state index in [0.717, 1.165) is 29.5 Å². The molecule has 0 spiro atoms. The van der Waals surface area contributed by atoms with E-state index in [1.165, 1.54) is 38.5 Å². The summed E-state index contributed by atoms with van der Waals surface area (Å²) in [4.78, 5) is 0. The van der Waals surface area contributed by atoms with Gasteiger partial charge in [-0.05, 0) is 41.3 Å². The van der Waals surface area contributed by atoms with E-state index in [1.54, 1.807) is 4.68 Å². The minimum Gasteiger partial charge on any atom is -0.385 e. The van der Waals surface area contributed by atoms with Gasteiger partial charge in [-0.3, -0.25) is 0 Å². The monoisotopic (exact) mass is 285 g/mol. The van der Waals surface area contributed by atoms with Crippen LogP contribution in [0.3, 0.4) is 0 Å². The molecule has 112 valence electrons. The molecule has 0 amide bonds. The fourth-order valence-corrected chi connectivity index (χ4v) is 3.07. The van der Waals surface area contributed by atoms with Gasteiger partial charge in [-0.15, -0.1) is 5.10 Å². The lowest BCUT2D eigenvalue weighted by molar-refractivity contribution is 0.483. The average Bonchev–Trinajstić information content (AvgIpc) is 2.77. The molecule has 1 aliphatic rings. The summed E-state index contributed by atoms with van der Waals surface area (Å²) in [5, 5.41) is 15.2. The number of hydrogen-bond acceptors (Lipinski definition) is 4. The van der Waals surface area contributed by atoms with Crippen molar-refractivity contribution in [3.8, 4) is 11.4 Å². The Bertz CT molecular complexity index is 570. The van der Waals surface area contributed by atoms with Crippen LogP contribution in [0.2, 0.25) is 0 Å². The third kappa shape index (κ3) is 3.60. The molecule has 1 fully saturated rings. The van der Waals surface area contributed by atoms with Crippen molar-refractivity contribution < 1.29 is 0 Å². The highest BCUT2D eigenvalue weighted by Crippen LogP contribution is 2.24. The van der Waals surface area contributed by atoms with Gasteiger partial charge in [0.15, 0.2) is 5.82 Å². The Balaban J connectivity index is 1.65. The molecule has 0 bridgehead atoms. The van der Waals surface area contributed by atoms with Gasteiger partial charge in [0.05, 0.1) is 0 Å². The molecule has 0 saturated heterocycles. The van der Waals surface area contributed by atoms with Crippen molar-refractivity contribution in [2.45, 2.75) is 38.5 Å². The van der Waals surface area contributed by atoms with E-state index in [-0.39, 0.29) is 0 Å². The highest BCUT2D eigenvalue weighted by atomic mass is 15.5. The zero-order valence-corrected chi connectivity index (χ0v) is 12.6. The molecular weight excluding hydrogens is 262 g/mol. The second-order valence-electron chi connectivity index (χ2n) is 5.95. The summed E-state index contributed by atoms with van der Waals surface area (Å²) in [5.74, 6) is 1.61. The molecule has 1 heterocycles. The summed E-state index contributed by atoms with van der Waals surface area (Å²) in [6.45, 7) is 1.07. The van der Waals surface area contributed by atoms with Crippen LogP contribution in [0.1, 0.15) is 38.5 Å². The predicted molar refractivity (Wildman–Crippen MR) is 83.9 cm³/mol. The fraction of sp³-hybridized carbons (Fsp3) is 0.562. The summed E-state index contributed by atoms with van der Waals surface area (Å²) in [6, 6.07) is 8.34. The van der Waals surface area contributed by atoms with E-state index < -0.39 is 0 Å². The molecule has 1 aromatic carbocycles. The van der Waals surface area contributed by atoms with Gasteiger partial charge in [-0.1, -0.05) is 37.8 Å². The summed E-state index contributed by atoms with van der Waals surface area (Å²) >= 11 is 0. The van der Waals surface area contributed by atoms with Crippen LogP contribution in [0.5, 0.6) is 0 Å². The average molecular weight is 285 g/mol. The summed E-state index contributed by atoms with van der Waals surface area (Å²) in [7, 11) is 1.86. The first-order chi connectivity index (χ1) is 10.3. The van der Waals surface area contributed by atoms with Gasteiger partial charge in [-0.2, -0.15) is 0 Å². The third-order valence-corrected chi connectivity index (χ3v) is 4.31. The molecule has 1 aromatic heterocycles. The van der Waals surface area contributed by atoms with Crippen molar-refractivity contribution >= 4 is 5.69 Å². The SMILES string of the molecule is Cn1nnnc1-c1cccc(NCC2CCCCCC2)c1. The first-order valence-corrected chi connectivity index (χ1v) is 7.89. The highest BCUT2D eigenvalue weighted by Gasteiger charge is 2.12. The number of anilines is 1. The Morgan fingerprint density at radius 1 is 1.19 bits per heavy atom. The van der Waals surface area contributed by atoms with Crippen LogP contribution < -0.4 is 5.32 Å². The lowest BCUT2D eigenvalue weighted by atomic mass is 10.0. The first kappa shape index (κ1) is 14.0. The maximum atomic E-state index is 4.06. The predicted octanol–water partition coefficient (Wildman–Crippen LogP) is 3.26. The number of benzene rings is 1. The molecular formula is C16H23N5. The normalized spacial score (nSPS) is 16.6. The number of aromatic nitrogens is 4. The van der Waals surface area contributed by atoms with Gasteiger partial charge < -0.3 is 5.32 Å². The molecule has 1 aliphatic carbocycles. The van der Waals surface area contributed by atoms with Crippen molar-refractivity contribution in [3.63, 3.8) is 0 Å². The molecule has 2 aromatic rings. The van der Waals surface area contributed by atoms with E-state index in [1.807, 2.05) is 13.1 Å². The molecule has 1 N–H and O–H groups in total. The molecule has 3 rings (SSSR count). The van der Waals surface area contributed by atoms with Gasteiger partial charge in [0.2, 0.25) is 0 Å². The van der Waals surface area contributed by atoms with Gasteiger partial charge in [-0.25, -0.2) is 4.68 Å². The van der Waals surface area contributed by atoms with Crippen LogP contribution in [0.25, 0.3) is 11.4 Å². The number of tetrazole rings is 1. The van der Waals surface area contributed by atoms with Gasteiger partial charge in [0, 0.05) is 24.8 Å². The Kier molecular flexibility index (Phi) is 4.48. The van der Waals surface area contributed by atoms with Gasteiger partial charge in [0.25, 0.3) is 0 Å². The molecule has 0 atom stereocenters. The van der Waals surface area contributed by atoms with Crippen LogP contribution >= 0.6 is 0 Å². The van der Waals surface area contributed by atoms with Crippen LogP contribution in [0.4, 0.5) is 5.69 Å². The Labute approximate surface area is 125 Å². The molecule has 0 unspecified atom stereocenters. The van der Waals surface area contributed by atoms with Gasteiger partial charge >= 0.3 is 0 Å². The third-order valence-electron chi connectivity index (χ3n) is 4.31. The second kappa shape index (κ2) is 6.70. The van der Waals surface area contributed by atoms with Crippen LogP contribution in [0, 0.1) is 5.92 Å². The summed E-state index contributed by atoms with van der Waals surface area (Å²) < 4.78 is 1.70. The fourth-order valence-electron chi connectivity index (χ4n) is 3.07. The molecule has 0 radical (unpaired) electrons. The number of hydrogen-bond donors (Lipinski definition) is 1. The maximum absolute atomic E-state index is 4.06. The highest BCUT2D eigenvalue weighted by molar-refractivity contribution is 5.62. The number of nitrogens with zero attached hydrogens (tertiary/aromatic N) is 4. The minimum atomic E-state index is 0.799. The molecule has 21 heavy (non-hydrogen) atoms. The zero-order chi connectivity index (χ0) is 14.5. The van der Waals surface area contributed by atoms with E-state index in [9.17, 15) is 0 Å². The lowest BCUT2D eigenvalue weighted by Crippen LogP contribution is -2.13. The largest absolute Gasteiger partial charge is 0.385 e. The van der Waals surface area contributed by atoms with Crippen LogP contribution in [-0.2, 0) is 7.05 Å². The first-order valence-electron chi connectivity index (χ1n) is 7.89. The Hall–Kier alpha value is -1.91. The number of rotatable bonds is 4. The molecule has 5 heteroatoms. The van der Waals surface area contributed by atoms with Crippen molar-refractivity contribution in [2.24, 2.45) is 13.0 Å². The lowest BCUT2D eigenvalue weighted by Gasteiger charge is -2.16. The van der Waals surface area contributed by atoms with Crippen LogP contribution in [-0.4, -0.2) is 26.8 Å². The summed E-state index contributed by atoms with van der Waals surface area (Å²) in [5.41, 5.74) is 2.20. The molecule has 0 aliphatic heterocycles. The van der Waals surface area contributed by atoms with Crippen molar-refractivity contribution in [1.82, 2.24) is 20.2 Å². The van der Waals surface area contributed by atoms with Crippen molar-refractivity contribution in [1.29, 1.82) is 0 Å². The zero-order valence-electron chi connectivity index (χ0n) is 12.6. The Morgan fingerprint density at radius 2 is 2.00 bits per heavy atom. The standard InChI is InChI=1S/C16H23N5/c1-21-16(18-19-20-21)14-9-6-10-15(11-14)17-12-13-7-4-2-3-5-8-13/h6,9-11,13,17H,2-5,7-8,12H2,1H3.